The van der Waals surface area contributed by atoms with Crippen LogP contribution < -0.4 is 10.4 Å². The van der Waals surface area contributed by atoms with Crippen LogP contribution in [0, 0.1) is 0 Å². The number of carbonyl (C=O) groups is 1. The molecule has 0 atom stereocenters. The molecule has 0 saturated heterocycles. The molecule has 0 fully saturated rings. The van der Waals surface area contributed by atoms with Crippen molar-refractivity contribution < 1.29 is 4.79 Å². The molecule has 0 aliphatic heterocycles. The van der Waals surface area contributed by atoms with Gasteiger partial charge in [-0.2, -0.15) is 10.1 Å². The van der Waals surface area contributed by atoms with Crippen LogP contribution in [0.4, 0.5) is 0 Å². The maximum absolute atomic E-state index is 12.4. The van der Waals surface area contributed by atoms with E-state index in [-0.39, 0.29) is 11.3 Å². The summed E-state index contributed by atoms with van der Waals surface area (Å²) in [6, 6.07) is 10.7. The lowest BCUT2D eigenvalue weighted by Gasteiger charge is -2.02. The molecule has 0 aliphatic rings. The lowest BCUT2D eigenvalue weighted by molar-refractivity contribution is 0.0990. The lowest BCUT2D eigenvalue weighted by Crippen LogP contribution is -2.24. The number of hydrogen-bond donors (Lipinski definition) is 0. The second-order valence-electron chi connectivity index (χ2n) is 5.11. The molecule has 3 rings (SSSR count). The summed E-state index contributed by atoms with van der Waals surface area (Å²) < 4.78 is 4.23. The van der Waals surface area contributed by atoms with Gasteiger partial charge in [-0.3, -0.25) is 9.59 Å². The number of carbonyl (C=O) groups excluding carboxylic acids is 1. The summed E-state index contributed by atoms with van der Waals surface area (Å²) in [5.74, 6) is -0.447. The number of para-hydroxylation sites is 1. The van der Waals surface area contributed by atoms with Crippen LogP contribution >= 0.6 is 11.3 Å². The fraction of sp³-hybridized carbons (Fsp3) is 0.250. The van der Waals surface area contributed by atoms with Crippen molar-refractivity contribution in [3.05, 3.63) is 57.2 Å². The van der Waals surface area contributed by atoms with Gasteiger partial charge in [0.05, 0.1) is 10.2 Å². The van der Waals surface area contributed by atoms with Crippen molar-refractivity contribution in [2.75, 3.05) is 0 Å². The zero-order valence-corrected chi connectivity index (χ0v) is 13.7. The van der Waals surface area contributed by atoms with Gasteiger partial charge in [-0.05, 0) is 24.6 Å². The Morgan fingerprint density at radius 2 is 2.04 bits per heavy atom. The van der Waals surface area contributed by atoms with Crippen LogP contribution in [-0.4, -0.2) is 20.3 Å². The van der Waals surface area contributed by atoms with Crippen molar-refractivity contribution in [2.45, 2.75) is 19.9 Å². The monoisotopic (exact) mass is 328 g/mol. The average Bonchev–Trinajstić information content (AvgIpc) is 2.86. The minimum atomic E-state index is -0.447. The Kier molecular flexibility index (Phi) is 4.20. The maximum Gasteiger partial charge on any atom is 0.300 e. The Morgan fingerprint density at radius 1 is 1.26 bits per heavy atom. The van der Waals surface area contributed by atoms with Crippen LogP contribution in [-0.2, 0) is 13.6 Å². The molecule has 118 valence electrons. The van der Waals surface area contributed by atoms with Crippen molar-refractivity contribution in [3.63, 3.8) is 0 Å². The number of amides is 1. The highest BCUT2D eigenvalue weighted by Gasteiger charge is 2.10. The van der Waals surface area contributed by atoms with E-state index in [1.165, 1.54) is 28.2 Å². The molecule has 1 amide bonds. The number of rotatable bonds is 3. The first-order valence-corrected chi connectivity index (χ1v) is 8.13. The van der Waals surface area contributed by atoms with Crippen LogP contribution in [0.2, 0.25) is 0 Å². The van der Waals surface area contributed by atoms with E-state index in [2.05, 4.69) is 10.1 Å². The minimum Gasteiger partial charge on any atom is -0.319 e. The summed E-state index contributed by atoms with van der Waals surface area (Å²) in [7, 11) is 1.87. The number of thiazole rings is 1. The predicted octanol–water partition coefficient (Wildman–Crippen LogP) is 1.95. The Bertz CT molecular complexity index is 997. The van der Waals surface area contributed by atoms with Gasteiger partial charge in [0.15, 0.2) is 10.5 Å². The van der Waals surface area contributed by atoms with Crippen molar-refractivity contribution in [3.8, 4) is 0 Å². The van der Waals surface area contributed by atoms with Crippen molar-refractivity contribution >= 4 is 27.5 Å². The molecule has 0 radical (unpaired) electrons. The largest absolute Gasteiger partial charge is 0.319 e. The average molecular weight is 328 g/mol. The highest BCUT2D eigenvalue weighted by molar-refractivity contribution is 7.16. The van der Waals surface area contributed by atoms with E-state index in [1.807, 2.05) is 42.8 Å². The summed E-state index contributed by atoms with van der Waals surface area (Å²) >= 11 is 1.44. The Labute approximate surface area is 136 Å². The highest BCUT2D eigenvalue weighted by Crippen LogP contribution is 2.15. The van der Waals surface area contributed by atoms with E-state index in [4.69, 9.17) is 0 Å². The normalized spacial score (nSPS) is 12.0. The molecule has 0 saturated carbocycles. The second-order valence-corrected chi connectivity index (χ2v) is 6.12. The van der Waals surface area contributed by atoms with Gasteiger partial charge in [0.25, 0.3) is 11.5 Å². The first-order valence-electron chi connectivity index (χ1n) is 7.32. The van der Waals surface area contributed by atoms with Gasteiger partial charge in [-0.15, -0.1) is 0 Å². The number of nitrogens with zero attached hydrogens (tertiary/aromatic N) is 4. The van der Waals surface area contributed by atoms with Gasteiger partial charge in [0.1, 0.15) is 0 Å². The van der Waals surface area contributed by atoms with Crippen molar-refractivity contribution in [1.82, 2.24) is 14.3 Å². The number of benzene rings is 1. The van der Waals surface area contributed by atoms with Crippen LogP contribution in [0.3, 0.4) is 0 Å². The molecular formula is C16H16N4O2S. The maximum atomic E-state index is 12.4. The van der Waals surface area contributed by atoms with Gasteiger partial charge < -0.3 is 4.57 Å². The van der Waals surface area contributed by atoms with Gasteiger partial charge in [-0.25, -0.2) is 4.68 Å². The fourth-order valence-corrected chi connectivity index (χ4v) is 3.28. The molecule has 2 heterocycles. The minimum absolute atomic E-state index is 0.176. The third-order valence-corrected chi connectivity index (χ3v) is 4.55. The molecule has 0 aliphatic carbocycles. The Morgan fingerprint density at radius 3 is 2.78 bits per heavy atom. The molecule has 3 aromatic rings. The van der Waals surface area contributed by atoms with Gasteiger partial charge in [0.2, 0.25) is 0 Å². The molecule has 0 bridgehead atoms. The lowest BCUT2D eigenvalue weighted by atomic mass is 10.3. The first-order chi connectivity index (χ1) is 11.1. The van der Waals surface area contributed by atoms with Crippen molar-refractivity contribution in [1.29, 1.82) is 0 Å². The van der Waals surface area contributed by atoms with E-state index >= 15 is 0 Å². The first kappa shape index (κ1) is 15.4. The summed E-state index contributed by atoms with van der Waals surface area (Å²) in [5.41, 5.74) is 0.985. The number of hydrogen-bond acceptors (Lipinski definition) is 4. The third-order valence-electron chi connectivity index (χ3n) is 3.43. The third kappa shape index (κ3) is 3.00. The van der Waals surface area contributed by atoms with Crippen molar-refractivity contribution in [2.24, 2.45) is 12.0 Å². The molecule has 1 aromatic carbocycles. The van der Waals surface area contributed by atoms with E-state index in [0.29, 0.717) is 11.3 Å². The highest BCUT2D eigenvalue weighted by atomic mass is 32.1. The van der Waals surface area contributed by atoms with E-state index in [0.717, 1.165) is 16.6 Å². The molecule has 0 spiro atoms. The topological polar surface area (TPSA) is 69.2 Å². The molecule has 0 N–H and O–H groups in total. The molecule has 7 heteroatoms. The molecular weight excluding hydrogens is 312 g/mol. The van der Waals surface area contributed by atoms with Crippen LogP contribution in [0.5, 0.6) is 0 Å². The van der Waals surface area contributed by atoms with Gasteiger partial charge in [-0.1, -0.05) is 30.4 Å². The summed E-state index contributed by atoms with van der Waals surface area (Å²) in [4.78, 5) is 28.8. The fourth-order valence-electron chi connectivity index (χ4n) is 2.27. The SMILES string of the molecule is CCCn1nc(C(=O)N=c2sc3ccccc3n2C)ccc1=O. The summed E-state index contributed by atoms with van der Waals surface area (Å²) in [5, 5.41) is 4.10. The summed E-state index contributed by atoms with van der Waals surface area (Å²) in [6.07, 6.45) is 0.771. The zero-order valence-electron chi connectivity index (χ0n) is 12.9. The molecule has 23 heavy (non-hydrogen) atoms. The van der Waals surface area contributed by atoms with E-state index < -0.39 is 5.91 Å². The number of aromatic nitrogens is 3. The van der Waals surface area contributed by atoms with Crippen LogP contribution in [0.1, 0.15) is 23.8 Å². The predicted molar refractivity (Wildman–Crippen MR) is 89.5 cm³/mol. The van der Waals surface area contributed by atoms with Crippen LogP contribution in [0.25, 0.3) is 10.2 Å². The smallest absolute Gasteiger partial charge is 0.300 e. The Balaban J connectivity index is 2.04. The summed E-state index contributed by atoms with van der Waals surface area (Å²) in [6.45, 7) is 2.43. The van der Waals surface area contributed by atoms with Gasteiger partial charge in [0, 0.05) is 19.7 Å². The van der Waals surface area contributed by atoms with Crippen LogP contribution in [0.15, 0.2) is 46.2 Å². The quantitative estimate of drug-likeness (QED) is 0.738. The van der Waals surface area contributed by atoms with E-state index in [1.54, 1.807) is 0 Å². The molecule has 0 unspecified atom stereocenters. The van der Waals surface area contributed by atoms with E-state index in [9.17, 15) is 9.59 Å². The standard InChI is InChI=1S/C16H16N4O2S/c1-3-10-20-14(21)9-8-11(18-20)15(22)17-16-19(2)12-6-4-5-7-13(12)23-16/h4-9H,3,10H2,1-2H3. The number of aryl methyl sites for hydroxylation is 2. The zero-order chi connectivity index (χ0) is 16.4. The number of fused-ring (bicyclic) bond motifs is 1. The second kappa shape index (κ2) is 6.29. The molecule has 6 nitrogen and oxygen atoms in total. The Hall–Kier alpha value is -2.54. The molecule has 2 aromatic heterocycles. The van der Waals surface area contributed by atoms with Gasteiger partial charge >= 0.3 is 0 Å².